The Kier molecular flexibility index (Phi) is 6.90. The van der Waals surface area contributed by atoms with E-state index in [9.17, 15) is 15.0 Å². The number of rotatable bonds is 5. The lowest BCUT2D eigenvalue weighted by Gasteiger charge is -2.26. The van der Waals surface area contributed by atoms with Gasteiger partial charge in [-0.05, 0) is 40.0 Å². The predicted octanol–water partition coefficient (Wildman–Crippen LogP) is 5.60. The number of hydrogen-bond acceptors (Lipinski definition) is 3. The molecule has 0 radical (unpaired) electrons. The summed E-state index contributed by atoms with van der Waals surface area (Å²) in [5, 5.41) is 24.4. The Hall–Kier alpha value is -2.49. The number of aromatic hydroxyl groups is 2. The van der Waals surface area contributed by atoms with Crippen molar-refractivity contribution < 1.29 is 15.0 Å². The van der Waals surface area contributed by atoms with E-state index < -0.39 is 5.92 Å². The fourth-order valence-corrected chi connectivity index (χ4v) is 3.36. The van der Waals surface area contributed by atoms with Crippen molar-refractivity contribution in [2.75, 3.05) is 6.54 Å². The second-order valence-corrected chi connectivity index (χ2v) is 10.6. The van der Waals surface area contributed by atoms with E-state index in [4.69, 9.17) is 0 Å². The molecular formula is C26H37NO3. The number of phenols is 2. The van der Waals surface area contributed by atoms with Gasteiger partial charge in [-0.15, -0.1) is 0 Å². The quantitative estimate of drug-likeness (QED) is 0.600. The fourth-order valence-electron chi connectivity index (χ4n) is 3.36. The van der Waals surface area contributed by atoms with Crippen LogP contribution in [-0.2, 0) is 15.6 Å². The molecule has 0 aliphatic heterocycles. The number of phenolic OH excluding ortho intramolecular Hbond substituents is 2. The Morgan fingerprint density at radius 1 is 0.833 bits per heavy atom. The maximum atomic E-state index is 13.3. The van der Waals surface area contributed by atoms with Crippen LogP contribution in [0.15, 0.2) is 36.4 Å². The molecule has 2 rings (SSSR count). The SMILES string of the molecule is CC(C)CNC(=O)C(c1cc(C(C)(C)C)ccc1O)c1cc(C(C)(C)C)ccc1O. The van der Waals surface area contributed by atoms with Gasteiger partial charge in [0, 0.05) is 17.7 Å². The Labute approximate surface area is 181 Å². The van der Waals surface area contributed by atoms with Gasteiger partial charge in [-0.3, -0.25) is 4.79 Å². The van der Waals surface area contributed by atoms with E-state index in [0.717, 1.165) is 11.1 Å². The van der Waals surface area contributed by atoms with Gasteiger partial charge < -0.3 is 15.5 Å². The molecule has 0 aromatic heterocycles. The van der Waals surface area contributed by atoms with Crippen LogP contribution in [0.3, 0.4) is 0 Å². The summed E-state index contributed by atoms with van der Waals surface area (Å²) in [6.07, 6.45) is 0. The number of carbonyl (C=O) groups excluding carboxylic acids is 1. The fraction of sp³-hybridized carbons (Fsp3) is 0.500. The molecule has 0 bridgehead atoms. The highest BCUT2D eigenvalue weighted by molar-refractivity contribution is 5.89. The van der Waals surface area contributed by atoms with Crippen molar-refractivity contribution >= 4 is 5.91 Å². The van der Waals surface area contributed by atoms with Crippen molar-refractivity contribution in [2.24, 2.45) is 5.92 Å². The number of benzene rings is 2. The molecule has 0 aliphatic carbocycles. The molecule has 1 amide bonds. The van der Waals surface area contributed by atoms with E-state index in [-0.39, 0.29) is 28.2 Å². The Bertz CT molecular complexity index is 838. The van der Waals surface area contributed by atoms with Crippen LogP contribution in [0.1, 0.15) is 83.6 Å². The van der Waals surface area contributed by atoms with E-state index in [2.05, 4.69) is 46.9 Å². The summed E-state index contributed by atoms with van der Waals surface area (Å²) in [6, 6.07) is 10.8. The zero-order valence-electron chi connectivity index (χ0n) is 19.6. The number of hydrogen-bond donors (Lipinski definition) is 3. The third-order valence-electron chi connectivity index (χ3n) is 5.36. The minimum Gasteiger partial charge on any atom is -0.508 e. The number of amides is 1. The van der Waals surface area contributed by atoms with Crippen LogP contribution in [0.4, 0.5) is 0 Å². The van der Waals surface area contributed by atoms with Crippen molar-refractivity contribution in [1.29, 1.82) is 0 Å². The number of carbonyl (C=O) groups is 1. The van der Waals surface area contributed by atoms with Crippen LogP contribution in [0.5, 0.6) is 11.5 Å². The Balaban J connectivity index is 2.71. The highest BCUT2D eigenvalue weighted by Crippen LogP contribution is 2.40. The lowest BCUT2D eigenvalue weighted by atomic mass is 9.80. The van der Waals surface area contributed by atoms with E-state index in [0.29, 0.717) is 23.6 Å². The largest absolute Gasteiger partial charge is 0.508 e. The first-order chi connectivity index (χ1) is 13.7. The summed E-state index contributed by atoms with van der Waals surface area (Å²) in [4.78, 5) is 13.3. The second-order valence-electron chi connectivity index (χ2n) is 10.6. The third-order valence-corrected chi connectivity index (χ3v) is 5.36. The summed E-state index contributed by atoms with van der Waals surface area (Å²) < 4.78 is 0. The molecule has 2 aromatic carbocycles. The molecule has 0 aliphatic rings. The molecule has 4 heteroatoms. The average Bonchev–Trinajstić information content (AvgIpc) is 2.61. The van der Waals surface area contributed by atoms with Gasteiger partial charge in [0.2, 0.25) is 5.91 Å². The van der Waals surface area contributed by atoms with Crippen molar-refractivity contribution in [3.05, 3.63) is 58.7 Å². The van der Waals surface area contributed by atoms with Crippen molar-refractivity contribution in [3.63, 3.8) is 0 Å². The molecule has 0 unspecified atom stereocenters. The van der Waals surface area contributed by atoms with E-state index in [1.807, 2.05) is 38.1 Å². The van der Waals surface area contributed by atoms with Gasteiger partial charge in [0.25, 0.3) is 0 Å². The summed E-state index contributed by atoms with van der Waals surface area (Å²) >= 11 is 0. The maximum Gasteiger partial charge on any atom is 0.232 e. The number of nitrogens with one attached hydrogen (secondary N) is 1. The van der Waals surface area contributed by atoms with Crippen LogP contribution >= 0.6 is 0 Å². The van der Waals surface area contributed by atoms with E-state index >= 15 is 0 Å². The molecule has 3 N–H and O–H groups in total. The molecule has 0 saturated heterocycles. The first-order valence-electron chi connectivity index (χ1n) is 10.7. The Morgan fingerprint density at radius 3 is 1.57 bits per heavy atom. The minimum atomic E-state index is -0.812. The predicted molar refractivity (Wildman–Crippen MR) is 123 cm³/mol. The molecule has 0 fully saturated rings. The van der Waals surface area contributed by atoms with Gasteiger partial charge in [-0.25, -0.2) is 0 Å². The lowest BCUT2D eigenvalue weighted by Crippen LogP contribution is -2.33. The Morgan fingerprint density at radius 2 is 1.23 bits per heavy atom. The normalized spacial score (nSPS) is 12.5. The average molecular weight is 412 g/mol. The molecule has 0 spiro atoms. The summed E-state index contributed by atoms with van der Waals surface area (Å²) in [6.45, 7) is 17.1. The zero-order chi connectivity index (χ0) is 22.9. The molecule has 0 heterocycles. The second kappa shape index (κ2) is 8.71. The van der Waals surface area contributed by atoms with Crippen LogP contribution in [0.25, 0.3) is 0 Å². The van der Waals surface area contributed by atoms with Crippen molar-refractivity contribution in [1.82, 2.24) is 5.32 Å². The maximum absolute atomic E-state index is 13.3. The van der Waals surface area contributed by atoms with Crippen LogP contribution in [0, 0.1) is 5.92 Å². The van der Waals surface area contributed by atoms with Gasteiger partial charge in [0.1, 0.15) is 11.5 Å². The molecule has 2 aromatic rings. The highest BCUT2D eigenvalue weighted by atomic mass is 16.3. The monoisotopic (exact) mass is 411 g/mol. The first kappa shape index (κ1) is 23.8. The molecule has 0 atom stereocenters. The molecule has 4 nitrogen and oxygen atoms in total. The van der Waals surface area contributed by atoms with Gasteiger partial charge in [-0.1, -0.05) is 79.7 Å². The standard InChI is InChI=1S/C26H37NO3/c1-16(2)15-27-24(30)23(19-13-17(25(3,4)5)9-11-21(19)28)20-14-18(26(6,7)8)10-12-22(20)29/h9-14,16,23,28-29H,15H2,1-8H3,(H,27,30). The van der Waals surface area contributed by atoms with Crippen LogP contribution in [-0.4, -0.2) is 22.7 Å². The topological polar surface area (TPSA) is 69.6 Å². The van der Waals surface area contributed by atoms with Crippen LogP contribution in [0.2, 0.25) is 0 Å². The summed E-state index contributed by atoms with van der Waals surface area (Å²) in [5.74, 6) is -0.653. The van der Waals surface area contributed by atoms with Gasteiger partial charge in [0.15, 0.2) is 0 Å². The van der Waals surface area contributed by atoms with Gasteiger partial charge in [0.05, 0.1) is 5.92 Å². The third kappa shape index (κ3) is 5.56. The smallest absolute Gasteiger partial charge is 0.232 e. The summed E-state index contributed by atoms with van der Waals surface area (Å²) in [5.41, 5.74) is 2.76. The van der Waals surface area contributed by atoms with Gasteiger partial charge in [-0.2, -0.15) is 0 Å². The lowest BCUT2D eigenvalue weighted by molar-refractivity contribution is -0.121. The first-order valence-corrected chi connectivity index (χ1v) is 10.7. The zero-order valence-corrected chi connectivity index (χ0v) is 19.6. The van der Waals surface area contributed by atoms with E-state index in [1.165, 1.54) is 0 Å². The molecule has 0 saturated carbocycles. The summed E-state index contributed by atoms with van der Waals surface area (Å²) in [7, 11) is 0. The molecule has 164 valence electrons. The van der Waals surface area contributed by atoms with Crippen molar-refractivity contribution in [2.45, 2.75) is 72.1 Å². The van der Waals surface area contributed by atoms with Gasteiger partial charge >= 0.3 is 0 Å². The molecular weight excluding hydrogens is 374 g/mol. The van der Waals surface area contributed by atoms with Crippen LogP contribution < -0.4 is 5.32 Å². The van der Waals surface area contributed by atoms with E-state index in [1.54, 1.807) is 12.1 Å². The highest BCUT2D eigenvalue weighted by Gasteiger charge is 2.30. The minimum absolute atomic E-state index is 0.0493. The molecule has 30 heavy (non-hydrogen) atoms. The van der Waals surface area contributed by atoms with Crippen molar-refractivity contribution in [3.8, 4) is 11.5 Å².